The van der Waals surface area contributed by atoms with Gasteiger partial charge in [-0.2, -0.15) is 27.0 Å². The molecule has 0 saturated carbocycles. The highest BCUT2D eigenvalue weighted by Crippen LogP contribution is 2.53. The minimum absolute atomic E-state index is 0.0311. The van der Waals surface area contributed by atoms with E-state index in [2.05, 4.69) is 10.2 Å². The zero-order valence-electron chi connectivity index (χ0n) is 25.2. The van der Waals surface area contributed by atoms with Crippen LogP contribution in [0.5, 0.6) is 0 Å². The number of fused-ring (bicyclic) bond motifs is 2. The fraction of sp³-hybridized carbons (Fsp3) is 0.125. The average Bonchev–Trinajstić information content (AvgIpc) is 3.05. The average molecular weight is 795 g/mol. The first-order chi connectivity index (χ1) is 23.4. The van der Waals surface area contributed by atoms with Crippen molar-refractivity contribution >= 4 is 89.5 Å². The molecule has 12 nitrogen and oxygen atoms in total. The number of hydrazone groups is 2. The fourth-order valence-corrected chi connectivity index (χ4v) is 11.2. The Kier molecular flexibility index (Phi) is 8.93. The highest BCUT2D eigenvalue weighted by Gasteiger charge is 2.56. The monoisotopic (exact) mass is 792 g/mol. The number of nitrogens with zero attached hydrogens (tertiary/aromatic N) is 2. The lowest BCUT2D eigenvalue weighted by Gasteiger charge is -2.38. The Labute approximate surface area is 306 Å². The Hall–Kier alpha value is -3.86. The lowest BCUT2D eigenvalue weighted by molar-refractivity contribution is 0.445. The SMILES string of the molecule is N=C1/C(=N\N)CC(c2c(Cl)cc(-c3cc(Cl)c(C4(S(=O)(=O)O)C/C(=N\N)C(=N)c5ccccc54)c(Cl)c3)cc2Cl)(S(=O)(=O)O)c2ccccc21. The van der Waals surface area contributed by atoms with Crippen molar-refractivity contribution in [2.24, 2.45) is 21.9 Å². The summed E-state index contributed by atoms with van der Waals surface area (Å²) in [6, 6.07) is 17.5. The van der Waals surface area contributed by atoms with Crippen LogP contribution in [0.4, 0.5) is 0 Å². The highest BCUT2D eigenvalue weighted by atomic mass is 35.5. The molecule has 4 aromatic rings. The first kappa shape index (κ1) is 35.9. The molecule has 2 aliphatic rings. The van der Waals surface area contributed by atoms with E-state index >= 15 is 0 Å². The molecule has 0 aromatic heterocycles. The van der Waals surface area contributed by atoms with Crippen LogP contribution in [0.3, 0.4) is 0 Å². The van der Waals surface area contributed by atoms with Crippen LogP contribution in [0.1, 0.15) is 46.2 Å². The maximum absolute atomic E-state index is 13.4. The third kappa shape index (κ3) is 5.16. The van der Waals surface area contributed by atoms with Gasteiger partial charge in [0.25, 0.3) is 20.2 Å². The number of benzene rings is 4. The molecule has 8 N–H and O–H groups in total. The van der Waals surface area contributed by atoms with Crippen LogP contribution in [0, 0.1) is 10.8 Å². The number of hydrogen-bond acceptors (Lipinski definition) is 10. The molecule has 0 aliphatic heterocycles. The van der Waals surface area contributed by atoms with E-state index < -0.39 is 42.6 Å². The van der Waals surface area contributed by atoms with Crippen LogP contribution in [-0.4, -0.2) is 48.8 Å². The predicted molar refractivity (Wildman–Crippen MR) is 196 cm³/mol. The van der Waals surface area contributed by atoms with Gasteiger partial charge in [-0.3, -0.25) is 19.9 Å². The highest BCUT2D eigenvalue weighted by molar-refractivity contribution is 7.87. The molecule has 2 aliphatic carbocycles. The normalized spacial score (nSPS) is 22.4. The molecule has 50 heavy (non-hydrogen) atoms. The fourth-order valence-electron chi connectivity index (χ4n) is 6.89. The lowest BCUT2D eigenvalue weighted by Crippen LogP contribution is -2.46. The molecule has 4 aromatic carbocycles. The largest absolute Gasteiger partial charge is 0.323 e. The van der Waals surface area contributed by atoms with E-state index in [0.717, 1.165) is 0 Å². The summed E-state index contributed by atoms with van der Waals surface area (Å²) in [4.78, 5) is 0. The van der Waals surface area contributed by atoms with Crippen LogP contribution >= 0.6 is 46.4 Å². The Balaban J connectivity index is 1.58. The molecule has 0 saturated heterocycles. The van der Waals surface area contributed by atoms with Crippen LogP contribution < -0.4 is 11.7 Å². The van der Waals surface area contributed by atoms with Crippen molar-refractivity contribution in [1.29, 1.82) is 10.8 Å². The summed E-state index contributed by atoms with van der Waals surface area (Å²) >= 11 is 27.3. The van der Waals surface area contributed by atoms with Gasteiger partial charge in [0.1, 0.15) is 0 Å². The molecule has 0 radical (unpaired) electrons. The van der Waals surface area contributed by atoms with Gasteiger partial charge in [-0.1, -0.05) is 94.9 Å². The van der Waals surface area contributed by atoms with Crippen molar-refractivity contribution in [3.63, 3.8) is 0 Å². The van der Waals surface area contributed by atoms with Crippen molar-refractivity contribution in [1.82, 2.24) is 0 Å². The maximum atomic E-state index is 13.4. The second kappa shape index (κ2) is 12.4. The summed E-state index contributed by atoms with van der Waals surface area (Å²) < 4.78 is 70.5. The van der Waals surface area contributed by atoms with Gasteiger partial charge in [-0.05, 0) is 46.5 Å². The van der Waals surface area contributed by atoms with Gasteiger partial charge in [-0.25, -0.2) is 0 Å². The minimum atomic E-state index is -5.09. The molecule has 0 spiro atoms. The third-order valence-corrected chi connectivity index (χ3v) is 13.2. The molecular weight excluding hydrogens is 770 g/mol. The summed E-state index contributed by atoms with van der Waals surface area (Å²) in [7, 11) is -10.2. The summed E-state index contributed by atoms with van der Waals surface area (Å²) in [5.41, 5.74) is -0.0849. The van der Waals surface area contributed by atoms with Crippen molar-refractivity contribution in [3.8, 4) is 11.1 Å². The number of nitrogens with two attached hydrogens (primary N) is 2. The smallest absolute Gasteiger partial charge is 0.279 e. The van der Waals surface area contributed by atoms with Crippen molar-refractivity contribution < 1.29 is 25.9 Å². The molecule has 258 valence electrons. The number of halogens is 4. The van der Waals surface area contributed by atoms with Crippen LogP contribution in [0.15, 0.2) is 83.0 Å². The van der Waals surface area contributed by atoms with Gasteiger partial charge in [0.2, 0.25) is 0 Å². The van der Waals surface area contributed by atoms with E-state index in [-0.39, 0.29) is 87.4 Å². The molecule has 18 heteroatoms. The Morgan fingerprint density at radius 3 is 1.18 bits per heavy atom. The van der Waals surface area contributed by atoms with E-state index in [9.17, 15) is 25.9 Å². The van der Waals surface area contributed by atoms with Crippen LogP contribution in [0.25, 0.3) is 11.1 Å². The van der Waals surface area contributed by atoms with E-state index in [0.29, 0.717) is 0 Å². The van der Waals surface area contributed by atoms with Crippen molar-refractivity contribution in [2.75, 3.05) is 0 Å². The minimum Gasteiger partial charge on any atom is -0.323 e. The van der Waals surface area contributed by atoms with Crippen LogP contribution in [-0.2, 0) is 29.7 Å². The summed E-state index contributed by atoms with van der Waals surface area (Å²) in [6.07, 6.45) is -1.12. The number of rotatable bonds is 5. The van der Waals surface area contributed by atoms with E-state index in [1.807, 2.05) is 0 Å². The molecule has 0 amide bonds. The molecule has 6 rings (SSSR count). The molecule has 0 bridgehead atoms. The number of hydrogen-bond donors (Lipinski definition) is 6. The standard InChI is InChI=1S/C32H24Cl4N6O6S2/c33-21-9-15(10-22(34)27(21)31(49(43,44)45)13-25(41-39)29(37)17-5-1-3-7-19(17)31)16-11-23(35)28(24(36)12-16)32(50(46,47)48)14-26(42-40)30(38)18-6-2-4-8-20(18)32/h1-12,37-38H,13-14,39-40H2,(H,43,44,45)(H,46,47,48)/b37-29?,38-30?,41-25-,42-26+. The summed E-state index contributed by atoms with van der Waals surface area (Å²) in [5, 5.41) is 23.5. The molecular formula is C32H24Cl4N6O6S2. The number of nitrogens with one attached hydrogen (secondary N) is 2. The Morgan fingerprint density at radius 1 is 0.600 bits per heavy atom. The second-order valence-electron chi connectivity index (χ2n) is 11.6. The van der Waals surface area contributed by atoms with Gasteiger partial charge < -0.3 is 11.7 Å². The summed E-state index contributed by atoms with van der Waals surface area (Å²) in [5.74, 6) is 11.1. The molecule has 0 fully saturated rings. The second-order valence-corrected chi connectivity index (χ2v) is 16.5. The maximum Gasteiger partial charge on any atom is 0.279 e. The lowest BCUT2D eigenvalue weighted by atomic mass is 9.75. The molecule has 2 atom stereocenters. The van der Waals surface area contributed by atoms with Gasteiger partial charge in [0, 0.05) is 55.2 Å². The van der Waals surface area contributed by atoms with Gasteiger partial charge in [-0.15, -0.1) is 0 Å². The Bertz CT molecular complexity index is 2260. The van der Waals surface area contributed by atoms with Gasteiger partial charge >= 0.3 is 0 Å². The first-order valence-electron chi connectivity index (χ1n) is 14.3. The van der Waals surface area contributed by atoms with E-state index in [4.69, 9.17) is 68.9 Å². The van der Waals surface area contributed by atoms with E-state index in [1.54, 1.807) is 12.1 Å². The zero-order chi connectivity index (χ0) is 36.6. The first-order valence-corrected chi connectivity index (χ1v) is 18.7. The van der Waals surface area contributed by atoms with E-state index in [1.165, 1.54) is 60.7 Å². The van der Waals surface area contributed by atoms with Crippen molar-refractivity contribution in [3.05, 3.63) is 126 Å². The van der Waals surface area contributed by atoms with Gasteiger partial charge in [0.05, 0.1) is 22.8 Å². The predicted octanol–water partition coefficient (Wildman–Crippen LogP) is 6.40. The molecule has 0 heterocycles. The summed E-state index contributed by atoms with van der Waals surface area (Å²) in [6.45, 7) is 0. The third-order valence-electron chi connectivity index (χ3n) is 9.09. The topological polar surface area (TPSA) is 233 Å². The van der Waals surface area contributed by atoms with Crippen LogP contribution in [0.2, 0.25) is 20.1 Å². The Morgan fingerprint density at radius 2 is 0.900 bits per heavy atom. The quantitative estimate of drug-likeness (QED) is 0.0750. The molecule has 2 unspecified atom stereocenters. The van der Waals surface area contributed by atoms with Crippen molar-refractivity contribution in [2.45, 2.75) is 22.3 Å². The zero-order valence-corrected chi connectivity index (χ0v) is 29.9. The van der Waals surface area contributed by atoms with Gasteiger partial charge in [0.15, 0.2) is 9.49 Å².